The van der Waals surface area contributed by atoms with Gasteiger partial charge < -0.3 is 0 Å². The van der Waals surface area contributed by atoms with Crippen molar-refractivity contribution in [3.8, 4) is 0 Å². The standard InChI is InChI=1S/C33H28S/c1-2-3-4-7-23-10-12-24(13-11-23)14-16-28-22-32-30-17-15-27-20-25-8-5-6-9-26(25)21-31(27)29(30)18-19-33(32)34-28/h5-6,8-22H,2-4,7H2,1H3. The van der Waals surface area contributed by atoms with Crippen LogP contribution in [-0.4, -0.2) is 0 Å². The van der Waals surface area contributed by atoms with Gasteiger partial charge in [-0.25, -0.2) is 0 Å². The quantitative estimate of drug-likeness (QED) is 0.133. The number of thiophene rings is 1. The predicted molar refractivity (Wildman–Crippen MR) is 153 cm³/mol. The van der Waals surface area contributed by atoms with Gasteiger partial charge in [0.05, 0.1) is 0 Å². The van der Waals surface area contributed by atoms with Crippen molar-refractivity contribution in [3.63, 3.8) is 0 Å². The van der Waals surface area contributed by atoms with Crippen LogP contribution in [0.25, 0.3) is 54.6 Å². The minimum absolute atomic E-state index is 1.19. The Morgan fingerprint density at radius 3 is 2.21 bits per heavy atom. The van der Waals surface area contributed by atoms with Gasteiger partial charge in [0.2, 0.25) is 0 Å². The summed E-state index contributed by atoms with van der Waals surface area (Å²) < 4.78 is 1.35. The van der Waals surface area contributed by atoms with Crippen molar-refractivity contribution in [1.82, 2.24) is 0 Å². The summed E-state index contributed by atoms with van der Waals surface area (Å²) in [5, 5.41) is 9.26. The van der Waals surface area contributed by atoms with Crippen LogP contribution in [0.5, 0.6) is 0 Å². The van der Waals surface area contributed by atoms with Crippen LogP contribution < -0.4 is 0 Å². The molecule has 0 unspecified atom stereocenters. The normalized spacial score (nSPS) is 12.0. The molecule has 0 aliphatic heterocycles. The summed E-state index contributed by atoms with van der Waals surface area (Å²) in [5.41, 5.74) is 2.71. The zero-order chi connectivity index (χ0) is 22.9. The van der Waals surface area contributed by atoms with Crippen molar-refractivity contribution in [3.05, 3.63) is 107 Å². The van der Waals surface area contributed by atoms with Crippen LogP contribution in [0.15, 0.2) is 91.0 Å². The Hall–Kier alpha value is -3.42. The van der Waals surface area contributed by atoms with Crippen molar-refractivity contribution in [2.45, 2.75) is 32.6 Å². The van der Waals surface area contributed by atoms with E-state index in [2.05, 4.69) is 110 Å². The first kappa shape index (κ1) is 21.1. The molecular weight excluding hydrogens is 428 g/mol. The average molecular weight is 457 g/mol. The van der Waals surface area contributed by atoms with Crippen LogP contribution in [0.4, 0.5) is 0 Å². The number of benzene rings is 5. The highest BCUT2D eigenvalue weighted by Crippen LogP contribution is 2.37. The molecule has 0 fully saturated rings. The lowest BCUT2D eigenvalue weighted by atomic mass is 9.97. The molecular formula is C33H28S. The molecule has 6 rings (SSSR count). The summed E-state index contributed by atoms with van der Waals surface area (Å²) in [6.45, 7) is 2.26. The molecule has 0 nitrogen and oxygen atoms in total. The number of aryl methyl sites for hydroxylation is 1. The maximum Gasteiger partial charge on any atom is 0.0355 e. The molecule has 0 aliphatic carbocycles. The lowest BCUT2D eigenvalue weighted by Gasteiger charge is -2.07. The third-order valence-corrected chi connectivity index (χ3v) is 7.95. The summed E-state index contributed by atoms with van der Waals surface area (Å²) in [7, 11) is 0. The lowest BCUT2D eigenvalue weighted by Crippen LogP contribution is -1.85. The predicted octanol–water partition coefficient (Wildman–Crippen LogP) is 10.3. The summed E-state index contributed by atoms with van der Waals surface area (Å²) in [4.78, 5) is 1.30. The van der Waals surface area contributed by atoms with E-state index in [1.165, 1.54) is 84.1 Å². The number of fused-ring (bicyclic) bond motifs is 6. The molecule has 0 saturated carbocycles. The Balaban J connectivity index is 1.34. The van der Waals surface area contributed by atoms with E-state index in [-0.39, 0.29) is 0 Å². The highest BCUT2D eigenvalue weighted by atomic mass is 32.1. The largest absolute Gasteiger partial charge is 0.136 e. The first-order valence-electron chi connectivity index (χ1n) is 12.3. The van der Waals surface area contributed by atoms with E-state index in [4.69, 9.17) is 0 Å². The third-order valence-electron chi connectivity index (χ3n) is 6.89. The van der Waals surface area contributed by atoms with Crippen molar-refractivity contribution in [2.75, 3.05) is 0 Å². The highest BCUT2D eigenvalue weighted by Gasteiger charge is 2.08. The van der Waals surface area contributed by atoms with Crippen LogP contribution in [0, 0.1) is 0 Å². The Morgan fingerprint density at radius 1 is 0.618 bits per heavy atom. The fourth-order valence-corrected chi connectivity index (χ4v) is 5.99. The molecule has 6 aromatic rings. The van der Waals surface area contributed by atoms with E-state index < -0.39 is 0 Å². The maximum atomic E-state index is 2.35. The van der Waals surface area contributed by atoms with Gasteiger partial charge in [0.25, 0.3) is 0 Å². The average Bonchev–Trinajstić information content (AvgIpc) is 3.30. The van der Waals surface area contributed by atoms with E-state index in [1.54, 1.807) is 0 Å². The van der Waals surface area contributed by atoms with Gasteiger partial charge in [-0.3, -0.25) is 0 Å². The first-order valence-corrected chi connectivity index (χ1v) is 13.1. The second-order valence-corrected chi connectivity index (χ2v) is 10.4. The maximum absolute atomic E-state index is 2.35. The van der Waals surface area contributed by atoms with Gasteiger partial charge in [-0.1, -0.05) is 92.6 Å². The van der Waals surface area contributed by atoms with Crippen LogP contribution >= 0.6 is 11.3 Å². The first-order chi connectivity index (χ1) is 16.8. The minimum Gasteiger partial charge on any atom is -0.136 e. The monoisotopic (exact) mass is 456 g/mol. The molecule has 0 N–H and O–H groups in total. The molecule has 0 radical (unpaired) electrons. The van der Waals surface area contributed by atoms with Crippen LogP contribution in [0.2, 0.25) is 0 Å². The SMILES string of the molecule is CCCCCc1ccc(C=Cc2cc3c(ccc4c5cc6ccccc6cc5ccc34)s2)cc1. The summed E-state index contributed by atoms with van der Waals surface area (Å²) in [6, 6.07) is 33.9. The van der Waals surface area contributed by atoms with Crippen molar-refractivity contribution >= 4 is 65.9 Å². The molecule has 1 heterocycles. The van der Waals surface area contributed by atoms with Crippen LogP contribution in [0.3, 0.4) is 0 Å². The van der Waals surface area contributed by atoms with Crippen molar-refractivity contribution in [1.29, 1.82) is 0 Å². The number of hydrogen-bond donors (Lipinski definition) is 0. The Labute approximate surface area is 205 Å². The second kappa shape index (κ2) is 9.08. The molecule has 1 heteroatoms. The molecule has 0 amide bonds. The summed E-state index contributed by atoms with van der Waals surface area (Å²) in [5.74, 6) is 0. The molecule has 0 bridgehead atoms. The second-order valence-electron chi connectivity index (χ2n) is 9.24. The minimum atomic E-state index is 1.19. The van der Waals surface area contributed by atoms with Crippen molar-refractivity contribution in [2.24, 2.45) is 0 Å². The number of unbranched alkanes of at least 4 members (excludes halogenated alkanes) is 2. The molecule has 0 aliphatic rings. The summed E-state index contributed by atoms with van der Waals surface area (Å²) >= 11 is 1.87. The van der Waals surface area contributed by atoms with Gasteiger partial charge in [-0.15, -0.1) is 11.3 Å². The smallest absolute Gasteiger partial charge is 0.0355 e. The molecule has 0 atom stereocenters. The Bertz CT molecular complexity index is 1650. The summed E-state index contributed by atoms with van der Waals surface area (Å²) in [6.07, 6.45) is 9.56. The third kappa shape index (κ3) is 4.02. The zero-order valence-corrected chi connectivity index (χ0v) is 20.4. The molecule has 166 valence electrons. The van der Waals surface area contributed by atoms with Gasteiger partial charge in [0, 0.05) is 15.0 Å². The molecule has 1 aromatic heterocycles. The molecule has 34 heavy (non-hydrogen) atoms. The van der Waals surface area contributed by atoms with Gasteiger partial charge >= 0.3 is 0 Å². The molecule has 0 saturated heterocycles. The molecule has 5 aromatic carbocycles. The highest BCUT2D eigenvalue weighted by molar-refractivity contribution is 7.20. The fraction of sp³-hybridized carbons (Fsp3) is 0.152. The lowest BCUT2D eigenvalue weighted by molar-refractivity contribution is 0.717. The van der Waals surface area contributed by atoms with Crippen molar-refractivity contribution < 1.29 is 0 Å². The topological polar surface area (TPSA) is 0 Å². The Morgan fingerprint density at radius 2 is 1.38 bits per heavy atom. The van der Waals surface area contributed by atoms with Gasteiger partial charge in [0.15, 0.2) is 0 Å². The molecule has 0 spiro atoms. The van der Waals surface area contributed by atoms with E-state index in [1.807, 2.05) is 11.3 Å². The zero-order valence-electron chi connectivity index (χ0n) is 19.6. The van der Waals surface area contributed by atoms with Gasteiger partial charge in [-0.2, -0.15) is 0 Å². The van der Waals surface area contributed by atoms with Crippen LogP contribution in [0.1, 0.15) is 42.2 Å². The fourth-order valence-electron chi connectivity index (χ4n) is 5.00. The van der Waals surface area contributed by atoms with Gasteiger partial charge in [0.1, 0.15) is 0 Å². The van der Waals surface area contributed by atoms with E-state index in [9.17, 15) is 0 Å². The van der Waals surface area contributed by atoms with Gasteiger partial charge in [-0.05, 0) is 86.6 Å². The van der Waals surface area contributed by atoms with E-state index in [0.717, 1.165) is 0 Å². The number of rotatable bonds is 6. The Kier molecular flexibility index (Phi) is 5.65. The van der Waals surface area contributed by atoms with Crippen LogP contribution in [-0.2, 0) is 6.42 Å². The van der Waals surface area contributed by atoms with E-state index >= 15 is 0 Å². The van der Waals surface area contributed by atoms with E-state index in [0.29, 0.717) is 0 Å². The number of hydrogen-bond acceptors (Lipinski definition) is 1.